The van der Waals surface area contributed by atoms with E-state index >= 15 is 0 Å². The molecule has 0 saturated carbocycles. The van der Waals surface area contributed by atoms with Crippen molar-refractivity contribution in [1.82, 2.24) is 5.32 Å². The number of hydrogen-bond acceptors (Lipinski definition) is 5. The SMILES string of the molecule is COC(=O)C(CC(C)C)NC(=O)/C=C/c1ccc([N+](=O)[O-])cc1. The van der Waals surface area contributed by atoms with E-state index in [9.17, 15) is 19.7 Å². The van der Waals surface area contributed by atoms with Crippen LogP contribution in [0, 0.1) is 16.0 Å². The summed E-state index contributed by atoms with van der Waals surface area (Å²) in [4.78, 5) is 33.6. The summed E-state index contributed by atoms with van der Waals surface area (Å²) in [5.74, 6) is -0.701. The second-order valence-corrected chi connectivity index (χ2v) is 5.40. The lowest BCUT2D eigenvalue weighted by Gasteiger charge is -2.17. The van der Waals surface area contributed by atoms with E-state index in [0.717, 1.165) is 0 Å². The Labute approximate surface area is 134 Å². The van der Waals surface area contributed by atoms with Crippen molar-refractivity contribution in [1.29, 1.82) is 0 Å². The Bertz CT molecular complexity index is 593. The molecule has 0 heterocycles. The van der Waals surface area contributed by atoms with Gasteiger partial charge in [-0.2, -0.15) is 0 Å². The van der Waals surface area contributed by atoms with Crippen LogP contribution in [0.4, 0.5) is 5.69 Å². The number of hydrogen-bond donors (Lipinski definition) is 1. The Kier molecular flexibility index (Phi) is 6.92. The van der Waals surface area contributed by atoms with Crippen molar-refractivity contribution in [3.05, 3.63) is 46.0 Å². The number of amides is 1. The number of nitrogens with one attached hydrogen (secondary N) is 1. The first-order valence-electron chi connectivity index (χ1n) is 7.14. The number of benzene rings is 1. The van der Waals surface area contributed by atoms with Crippen molar-refractivity contribution in [2.24, 2.45) is 5.92 Å². The maximum absolute atomic E-state index is 11.9. The third-order valence-electron chi connectivity index (χ3n) is 3.04. The molecule has 0 aliphatic rings. The maximum atomic E-state index is 11.9. The van der Waals surface area contributed by atoms with E-state index in [4.69, 9.17) is 0 Å². The summed E-state index contributed by atoms with van der Waals surface area (Å²) in [6, 6.07) is 5.08. The average Bonchev–Trinajstić information content (AvgIpc) is 2.51. The number of rotatable bonds is 7. The number of ether oxygens (including phenoxy) is 1. The molecule has 7 heteroatoms. The van der Waals surface area contributed by atoms with E-state index in [2.05, 4.69) is 10.1 Å². The summed E-state index contributed by atoms with van der Waals surface area (Å²) in [7, 11) is 1.27. The fourth-order valence-corrected chi connectivity index (χ4v) is 1.93. The van der Waals surface area contributed by atoms with Crippen molar-refractivity contribution >= 4 is 23.6 Å². The minimum atomic E-state index is -0.700. The van der Waals surface area contributed by atoms with Gasteiger partial charge in [0, 0.05) is 18.2 Å². The Hall–Kier alpha value is -2.70. The fourth-order valence-electron chi connectivity index (χ4n) is 1.93. The monoisotopic (exact) mass is 320 g/mol. The second kappa shape index (κ2) is 8.67. The molecule has 0 aliphatic carbocycles. The summed E-state index contributed by atoms with van der Waals surface area (Å²) in [5, 5.41) is 13.1. The summed E-state index contributed by atoms with van der Waals surface area (Å²) in [6.45, 7) is 3.88. The van der Waals surface area contributed by atoms with E-state index in [1.807, 2.05) is 13.8 Å². The maximum Gasteiger partial charge on any atom is 0.328 e. The van der Waals surface area contributed by atoms with Crippen LogP contribution >= 0.6 is 0 Å². The second-order valence-electron chi connectivity index (χ2n) is 5.40. The van der Waals surface area contributed by atoms with Crippen LogP contribution in [0.3, 0.4) is 0 Å². The van der Waals surface area contributed by atoms with Gasteiger partial charge in [-0.3, -0.25) is 14.9 Å². The third kappa shape index (κ3) is 6.29. The summed E-state index contributed by atoms with van der Waals surface area (Å²) >= 11 is 0. The highest BCUT2D eigenvalue weighted by Crippen LogP contribution is 2.13. The highest BCUT2D eigenvalue weighted by atomic mass is 16.6. The summed E-state index contributed by atoms with van der Waals surface area (Å²) < 4.78 is 4.67. The number of esters is 1. The molecule has 1 atom stereocenters. The molecule has 1 unspecified atom stereocenters. The number of non-ortho nitro benzene ring substituents is 1. The molecule has 0 aromatic heterocycles. The zero-order valence-electron chi connectivity index (χ0n) is 13.3. The lowest BCUT2D eigenvalue weighted by molar-refractivity contribution is -0.384. The lowest BCUT2D eigenvalue weighted by Crippen LogP contribution is -2.41. The van der Waals surface area contributed by atoms with Gasteiger partial charge in [-0.1, -0.05) is 13.8 Å². The Balaban J connectivity index is 2.69. The van der Waals surface area contributed by atoms with Gasteiger partial charge in [-0.15, -0.1) is 0 Å². The molecule has 0 bridgehead atoms. The topological polar surface area (TPSA) is 98.5 Å². The van der Waals surface area contributed by atoms with Crippen molar-refractivity contribution < 1.29 is 19.2 Å². The van der Waals surface area contributed by atoms with E-state index in [1.165, 1.54) is 43.5 Å². The van der Waals surface area contributed by atoms with E-state index in [0.29, 0.717) is 12.0 Å². The summed E-state index contributed by atoms with van der Waals surface area (Å²) in [5.41, 5.74) is 0.624. The van der Waals surface area contributed by atoms with Gasteiger partial charge in [0.2, 0.25) is 5.91 Å². The first kappa shape index (κ1) is 18.3. The molecule has 0 aliphatic heterocycles. The molecule has 0 radical (unpaired) electrons. The van der Waals surface area contributed by atoms with Gasteiger partial charge in [0.15, 0.2) is 0 Å². The Morgan fingerprint density at radius 3 is 2.39 bits per heavy atom. The van der Waals surface area contributed by atoms with Gasteiger partial charge in [0.05, 0.1) is 12.0 Å². The zero-order chi connectivity index (χ0) is 17.4. The van der Waals surface area contributed by atoms with Gasteiger partial charge < -0.3 is 10.1 Å². The molecule has 1 amide bonds. The van der Waals surface area contributed by atoms with Crippen molar-refractivity contribution in [3.8, 4) is 0 Å². The number of carbonyl (C=O) groups is 2. The lowest BCUT2D eigenvalue weighted by atomic mass is 10.0. The van der Waals surface area contributed by atoms with Crippen molar-refractivity contribution in [3.63, 3.8) is 0 Å². The molecule has 23 heavy (non-hydrogen) atoms. The van der Waals surface area contributed by atoms with Crippen LogP contribution in [0.1, 0.15) is 25.8 Å². The van der Waals surface area contributed by atoms with Gasteiger partial charge in [0.25, 0.3) is 5.69 Å². The minimum absolute atomic E-state index is 0.0192. The van der Waals surface area contributed by atoms with E-state index in [-0.39, 0.29) is 11.6 Å². The minimum Gasteiger partial charge on any atom is -0.467 e. The number of nitrogens with zero attached hydrogens (tertiary/aromatic N) is 1. The van der Waals surface area contributed by atoms with Crippen LogP contribution in [-0.4, -0.2) is 30.0 Å². The van der Waals surface area contributed by atoms with Gasteiger partial charge in [0.1, 0.15) is 6.04 Å². The predicted octanol–water partition coefficient (Wildman–Crippen LogP) is 2.31. The molecular weight excluding hydrogens is 300 g/mol. The van der Waals surface area contributed by atoms with Crippen molar-refractivity contribution in [2.45, 2.75) is 26.3 Å². The first-order chi connectivity index (χ1) is 10.8. The zero-order valence-corrected chi connectivity index (χ0v) is 13.3. The summed E-state index contributed by atoms with van der Waals surface area (Å²) in [6.07, 6.45) is 3.27. The predicted molar refractivity (Wildman–Crippen MR) is 85.5 cm³/mol. The molecule has 1 N–H and O–H groups in total. The highest BCUT2D eigenvalue weighted by Gasteiger charge is 2.21. The number of methoxy groups -OCH3 is 1. The van der Waals surface area contributed by atoms with Crippen LogP contribution < -0.4 is 5.32 Å². The van der Waals surface area contributed by atoms with Crippen LogP contribution in [-0.2, 0) is 14.3 Å². The Morgan fingerprint density at radius 1 is 1.30 bits per heavy atom. The normalized spacial score (nSPS) is 12.2. The van der Waals surface area contributed by atoms with Crippen LogP contribution in [0.25, 0.3) is 6.08 Å². The standard InChI is InChI=1S/C16H20N2O5/c1-11(2)10-14(16(20)23-3)17-15(19)9-6-12-4-7-13(8-5-12)18(21)22/h4-9,11,14H,10H2,1-3H3,(H,17,19)/b9-6+. The number of nitro groups is 1. The molecule has 7 nitrogen and oxygen atoms in total. The van der Waals surface area contributed by atoms with Gasteiger partial charge in [-0.05, 0) is 36.1 Å². The molecule has 0 spiro atoms. The largest absolute Gasteiger partial charge is 0.467 e. The van der Waals surface area contributed by atoms with Crippen LogP contribution in [0.2, 0.25) is 0 Å². The van der Waals surface area contributed by atoms with Gasteiger partial charge in [-0.25, -0.2) is 4.79 Å². The molecule has 1 rings (SSSR count). The third-order valence-corrected chi connectivity index (χ3v) is 3.04. The van der Waals surface area contributed by atoms with Crippen molar-refractivity contribution in [2.75, 3.05) is 7.11 Å². The number of carbonyl (C=O) groups excluding carboxylic acids is 2. The Morgan fingerprint density at radius 2 is 1.91 bits per heavy atom. The molecule has 124 valence electrons. The molecule has 1 aromatic rings. The van der Waals surface area contributed by atoms with Crippen LogP contribution in [0.15, 0.2) is 30.3 Å². The van der Waals surface area contributed by atoms with Crippen LogP contribution in [0.5, 0.6) is 0 Å². The number of nitro benzene ring substituents is 1. The quantitative estimate of drug-likeness (QED) is 0.360. The average molecular weight is 320 g/mol. The molecule has 0 fully saturated rings. The fraction of sp³-hybridized carbons (Fsp3) is 0.375. The van der Waals surface area contributed by atoms with E-state index in [1.54, 1.807) is 0 Å². The van der Waals surface area contributed by atoms with Gasteiger partial charge >= 0.3 is 5.97 Å². The molecule has 0 saturated heterocycles. The van der Waals surface area contributed by atoms with E-state index < -0.39 is 22.8 Å². The highest BCUT2D eigenvalue weighted by molar-refractivity contribution is 5.94. The molecule has 1 aromatic carbocycles. The smallest absolute Gasteiger partial charge is 0.328 e. The first-order valence-corrected chi connectivity index (χ1v) is 7.14. The molecular formula is C16H20N2O5.